The van der Waals surface area contributed by atoms with Gasteiger partial charge in [-0.25, -0.2) is 0 Å². The van der Waals surface area contributed by atoms with Gasteiger partial charge in [-0.3, -0.25) is 0 Å². The molecule has 0 N–H and O–H groups in total. The van der Waals surface area contributed by atoms with Gasteiger partial charge in [-0.1, -0.05) is 42.5 Å². The van der Waals surface area contributed by atoms with Crippen LogP contribution in [0.5, 0.6) is 0 Å². The summed E-state index contributed by atoms with van der Waals surface area (Å²) in [7, 11) is 0. The zero-order valence-electron chi connectivity index (χ0n) is 11.0. The summed E-state index contributed by atoms with van der Waals surface area (Å²) < 4.78 is 0. The van der Waals surface area contributed by atoms with Crippen molar-refractivity contribution < 1.29 is 0 Å². The summed E-state index contributed by atoms with van der Waals surface area (Å²) in [6.45, 7) is 6.64. The lowest BCUT2D eigenvalue weighted by Crippen LogP contribution is -1.97. The topological polar surface area (TPSA) is 0 Å². The summed E-state index contributed by atoms with van der Waals surface area (Å²) in [5, 5.41) is 0. The van der Waals surface area contributed by atoms with Crippen molar-refractivity contribution in [2.75, 3.05) is 0 Å². The van der Waals surface area contributed by atoms with Gasteiger partial charge < -0.3 is 0 Å². The molecule has 0 spiro atoms. The smallest absolute Gasteiger partial charge is 0.0236 e. The monoisotopic (exact) mass is 224 g/mol. The van der Waals surface area contributed by atoms with Crippen molar-refractivity contribution in [2.24, 2.45) is 0 Å². The van der Waals surface area contributed by atoms with Crippen molar-refractivity contribution in [1.29, 1.82) is 0 Å². The minimum atomic E-state index is 1.13. The molecule has 0 saturated heterocycles. The molecule has 88 valence electrons. The minimum Gasteiger partial charge on any atom is -0.0622 e. The highest BCUT2D eigenvalue weighted by molar-refractivity contribution is 5.39. The second kappa shape index (κ2) is 5.18. The molecule has 0 aliphatic heterocycles. The van der Waals surface area contributed by atoms with E-state index in [9.17, 15) is 0 Å². The van der Waals surface area contributed by atoms with Crippen LogP contribution in [0.25, 0.3) is 0 Å². The zero-order chi connectivity index (χ0) is 12.3. The molecule has 0 aromatic heterocycles. The molecule has 0 saturated carbocycles. The Balaban J connectivity index is 2.13. The molecule has 0 heteroatoms. The molecule has 0 unspecified atom stereocenters. The molecular formula is C17H20. The van der Waals surface area contributed by atoms with Gasteiger partial charge in [-0.2, -0.15) is 0 Å². The van der Waals surface area contributed by atoms with Crippen LogP contribution in [0.2, 0.25) is 0 Å². The van der Waals surface area contributed by atoms with Crippen LogP contribution in [0.3, 0.4) is 0 Å². The van der Waals surface area contributed by atoms with Gasteiger partial charge in [-0.05, 0) is 61.4 Å². The Morgan fingerprint density at radius 3 is 2.12 bits per heavy atom. The van der Waals surface area contributed by atoms with Crippen LogP contribution in [-0.4, -0.2) is 0 Å². The van der Waals surface area contributed by atoms with E-state index in [1.54, 1.807) is 0 Å². The predicted molar refractivity (Wildman–Crippen MR) is 74.5 cm³/mol. The molecule has 2 rings (SSSR count). The average molecular weight is 224 g/mol. The molecule has 2 aromatic rings. The van der Waals surface area contributed by atoms with Crippen LogP contribution in [0, 0.1) is 20.8 Å². The first kappa shape index (κ1) is 11.9. The predicted octanol–water partition coefficient (Wildman–Crippen LogP) is 4.40. The van der Waals surface area contributed by atoms with Gasteiger partial charge in [0.05, 0.1) is 0 Å². The minimum absolute atomic E-state index is 1.13. The summed E-state index contributed by atoms with van der Waals surface area (Å²) in [6, 6.07) is 15.2. The molecule has 0 amide bonds. The van der Waals surface area contributed by atoms with E-state index >= 15 is 0 Å². The summed E-state index contributed by atoms with van der Waals surface area (Å²) in [5.41, 5.74) is 7.20. The van der Waals surface area contributed by atoms with Crippen LogP contribution in [0.15, 0.2) is 42.5 Å². The molecule has 0 atom stereocenters. The van der Waals surface area contributed by atoms with Crippen molar-refractivity contribution in [3.8, 4) is 0 Å². The third kappa shape index (κ3) is 2.76. The maximum atomic E-state index is 2.28. The fraction of sp³-hybridized carbons (Fsp3) is 0.294. The van der Waals surface area contributed by atoms with E-state index in [2.05, 4.69) is 63.2 Å². The zero-order valence-corrected chi connectivity index (χ0v) is 11.0. The fourth-order valence-electron chi connectivity index (χ4n) is 2.21. The van der Waals surface area contributed by atoms with Gasteiger partial charge in [0, 0.05) is 0 Å². The SMILES string of the molecule is Cc1ccc(CCc2ccccc2)c(C)c1C. The lowest BCUT2D eigenvalue weighted by atomic mass is 9.95. The maximum Gasteiger partial charge on any atom is -0.0236 e. The van der Waals surface area contributed by atoms with Crippen molar-refractivity contribution in [3.05, 3.63) is 70.3 Å². The quantitative estimate of drug-likeness (QED) is 0.725. The number of hydrogen-bond acceptors (Lipinski definition) is 0. The van der Waals surface area contributed by atoms with Crippen molar-refractivity contribution in [1.82, 2.24) is 0 Å². The molecule has 0 radical (unpaired) electrons. The van der Waals surface area contributed by atoms with Gasteiger partial charge >= 0.3 is 0 Å². The highest BCUT2D eigenvalue weighted by Gasteiger charge is 2.03. The summed E-state index contributed by atoms with van der Waals surface area (Å²) in [5.74, 6) is 0. The highest BCUT2D eigenvalue weighted by atomic mass is 14.1. The van der Waals surface area contributed by atoms with Crippen LogP contribution >= 0.6 is 0 Å². The molecule has 0 aliphatic rings. The van der Waals surface area contributed by atoms with E-state index in [4.69, 9.17) is 0 Å². The van der Waals surface area contributed by atoms with Crippen LogP contribution in [-0.2, 0) is 12.8 Å². The third-order valence-electron chi connectivity index (χ3n) is 3.70. The Hall–Kier alpha value is -1.56. The van der Waals surface area contributed by atoms with Gasteiger partial charge in [-0.15, -0.1) is 0 Å². The molecule has 0 fully saturated rings. The van der Waals surface area contributed by atoms with Gasteiger partial charge in [0.2, 0.25) is 0 Å². The number of rotatable bonds is 3. The third-order valence-corrected chi connectivity index (χ3v) is 3.70. The second-order valence-corrected chi connectivity index (χ2v) is 4.78. The van der Waals surface area contributed by atoms with Crippen molar-refractivity contribution >= 4 is 0 Å². The molecule has 0 aliphatic carbocycles. The first-order chi connectivity index (χ1) is 8.18. The lowest BCUT2D eigenvalue weighted by Gasteiger charge is -2.11. The molecule has 2 aromatic carbocycles. The number of benzene rings is 2. The Morgan fingerprint density at radius 1 is 0.706 bits per heavy atom. The van der Waals surface area contributed by atoms with E-state index in [0.29, 0.717) is 0 Å². The average Bonchev–Trinajstić information content (AvgIpc) is 2.36. The normalized spacial score (nSPS) is 10.5. The maximum absolute atomic E-state index is 2.28. The van der Waals surface area contributed by atoms with Crippen molar-refractivity contribution in [2.45, 2.75) is 33.6 Å². The lowest BCUT2D eigenvalue weighted by molar-refractivity contribution is 0.943. The fourth-order valence-corrected chi connectivity index (χ4v) is 2.21. The van der Waals surface area contributed by atoms with E-state index in [1.807, 2.05) is 0 Å². The summed E-state index contributed by atoms with van der Waals surface area (Å²) >= 11 is 0. The van der Waals surface area contributed by atoms with Gasteiger partial charge in [0.25, 0.3) is 0 Å². The molecule has 0 heterocycles. The Labute approximate surface area is 104 Å². The Bertz CT molecular complexity index is 495. The standard InChI is InChI=1S/C17H20/c1-13-9-11-17(15(3)14(13)2)12-10-16-7-5-4-6-8-16/h4-9,11H,10,12H2,1-3H3. The van der Waals surface area contributed by atoms with Crippen LogP contribution in [0.4, 0.5) is 0 Å². The van der Waals surface area contributed by atoms with E-state index in [0.717, 1.165) is 12.8 Å². The summed E-state index contributed by atoms with van der Waals surface area (Å²) in [4.78, 5) is 0. The van der Waals surface area contributed by atoms with Crippen LogP contribution < -0.4 is 0 Å². The highest BCUT2D eigenvalue weighted by Crippen LogP contribution is 2.18. The van der Waals surface area contributed by atoms with E-state index in [1.165, 1.54) is 27.8 Å². The largest absolute Gasteiger partial charge is 0.0622 e. The first-order valence-electron chi connectivity index (χ1n) is 6.28. The number of aryl methyl sites for hydroxylation is 3. The second-order valence-electron chi connectivity index (χ2n) is 4.78. The number of hydrogen-bond donors (Lipinski definition) is 0. The van der Waals surface area contributed by atoms with E-state index in [-0.39, 0.29) is 0 Å². The van der Waals surface area contributed by atoms with Gasteiger partial charge in [0.15, 0.2) is 0 Å². The molecular weight excluding hydrogens is 204 g/mol. The molecule has 17 heavy (non-hydrogen) atoms. The van der Waals surface area contributed by atoms with E-state index < -0.39 is 0 Å². The summed E-state index contributed by atoms with van der Waals surface area (Å²) in [6.07, 6.45) is 2.27. The Kier molecular flexibility index (Phi) is 3.63. The first-order valence-corrected chi connectivity index (χ1v) is 6.28. The molecule has 0 bridgehead atoms. The Morgan fingerprint density at radius 2 is 1.41 bits per heavy atom. The van der Waals surface area contributed by atoms with Crippen LogP contribution in [0.1, 0.15) is 27.8 Å². The van der Waals surface area contributed by atoms with Crippen molar-refractivity contribution in [3.63, 3.8) is 0 Å². The van der Waals surface area contributed by atoms with Gasteiger partial charge in [0.1, 0.15) is 0 Å². The molecule has 0 nitrogen and oxygen atoms in total.